The summed E-state index contributed by atoms with van der Waals surface area (Å²) in [6, 6.07) is 32.5. The van der Waals surface area contributed by atoms with Crippen LogP contribution < -0.4 is 4.74 Å². The van der Waals surface area contributed by atoms with Crippen molar-refractivity contribution in [2.45, 2.75) is 25.9 Å². The van der Waals surface area contributed by atoms with Crippen molar-refractivity contribution >= 4 is 34.8 Å². The Kier molecular flexibility index (Phi) is 8.15. The summed E-state index contributed by atoms with van der Waals surface area (Å²) in [6.45, 7) is 3.87. The fourth-order valence-corrected chi connectivity index (χ4v) is 5.44. The summed E-state index contributed by atoms with van der Waals surface area (Å²) in [4.78, 5) is 4.94. The summed E-state index contributed by atoms with van der Waals surface area (Å²) >= 11 is 19.4. The third-order valence-electron chi connectivity index (χ3n) is 6.43. The van der Waals surface area contributed by atoms with E-state index in [9.17, 15) is 0 Å². The molecule has 36 heavy (non-hydrogen) atoms. The molecule has 4 aromatic rings. The molecule has 3 nitrogen and oxygen atoms in total. The largest absolute Gasteiger partial charge is 0.487 e. The van der Waals surface area contributed by atoms with E-state index in [1.807, 2.05) is 42.5 Å². The topological polar surface area (TPSA) is 15.7 Å². The Labute approximate surface area is 227 Å². The molecular formula is C30H27Cl3N2O. The van der Waals surface area contributed by atoms with E-state index in [1.54, 1.807) is 6.07 Å². The standard InChI is InChI=1S/C30H27Cl3N2O/c31-25-13-11-24(12-14-25)21-36-29-27(17-26(32)18-28(29)33)30-34(19-22-7-3-1-4-8-22)15-16-35(30)20-23-9-5-2-6-10-23/h1-14,17-18,30H,15-16,19-21H2. The van der Waals surface area contributed by atoms with Crippen LogP contribution in [0.5, 0.6) is 5.75 Å². The third kappa shape index (κ3) is 6.05. The van der Waals surface area contributed by atoms with Gasteiger partial charge in [-0.2, -0.15) is 0 Å². The molecule has 0 saturated carbocycles. The van der Waals surface area contributed by atoms with E-state index in [0.717, 1.165) is 37.3 Å². The van der Waals surface area contributed by atoms with Gasteiger partial charge in [0.2, 0.25) is 0 Å². The second-order valence-corrected chi connectivity index (χ2v) is 10.3. The fourth-order valence-electron chi connectivity index (χ4n) is 4.75. The van der Waals surface area contributed by atoms with Gasteiger partial charge in [-0.15, -0.1) is 0 Å². The van der Waals surface area contributed by atoms with Gasteiger partial charge < -0.3 is 4.74 Å². The van der Waals surface area contributed by atoms with E-state index in [4.69, 9.17) is 39.5 Å². The van der Waals surface area contributed by atoms with Crippen LogP contribution >= 0.6 is 34.8 Å². The number of benzene rings is 4. The average Bonchev–Trinajstić information content (AvgIpc) is 3.27. The molecule has 0 N–H and O–H groups in total. The SMILES string of the molecule is Clc1ccc(COc2c(Cl)cc(Cl)cc2C2N(Cc3ccccc3)CCN2Cc2ccccc2)cc1. The van der Waals surface area contributed by atoms with Crippen LogP contribution in [0.4, 0.5) is 0 Å². The lowest BCUT2D eigenvalue weighted by Gasteiger charge is -2.32. The molecule has 0 unspecified atom stereocenters. The van der Waals surface area contributed by atoms with Gasteiger partial charge in [-0.25, -0.2) is 0 Å². The summed E-state index contributed by atoms with van der Waals surface area (Å²) in [7, 11) is 0. The van der Waals surface area contributed by atoms with Gasteiger partial charge in [0.25, 0.3) is 0 Å². The number of hydrogen-bond donors (Lipinski definition) is 0. The Morgan fingerprint density at radius 1 is 0.639 bits per heavy atom. The van der Waals surface area contributed by atoms with Crippen molar-refractivity contribution in [3.8, 4) is 5.75 Å². The first-order valence-corrected chi connectivity index (χ1v) is 13.1. The van der Waals surface area contributed by atoms with E-state index < -0.39 is 0 Å². The molecule has 0 radical (unpaired) electrons. The number of hydrogen-bond acceptors (Lipinski definition) is 3. The molecule has 1 saturated heterocycles. The lowest BCUT2D eigenvalue weighted by Crippen LogP contribution is -2.31. The van der Waals surface area contributed by atoms with E-state index in [1.165, 1.54) is 11.1 Å². The van der Waals surface area contributed by atoms with Gasteiger partial charge in [-0.05, 0) is 41.0 Å². The minimum Gasteiger partial charge on any atom is -0.487 e. The van der Waals surface area contributed by atoms with Crippen LogP contribution in [0.3, 0.4) is 0 Å². The maximum Gasteiger partial charge on any atom is 0.144 e. The zero-order chi connectivity index (χ0) is 24.9. The lowest BCUT2D eigenvalue weighted by atomic mass is 10.1. The summed E-state index contributed by atoms with van der Waals surface area (Å²) in [5, 5.41) is 1.81. The van der Waals surface area contributed by atoms with Gasteiger partial charge >= 0.3 is 0 Å². The van der Waals surface area contributed by atoms with Crippen LogP contribution in [0.1, 0.15) is 28.4 Å². The van der Waals surface area contributed by atoms with Gasteiger partial charge in [0.05, 0.1) is 11.2 Å². The summed E-state index contributed by atoms with van der Waals surface area (Å²) in [5.74, 6) is 0.666. The van der Waals surface area contributed by atoms with Crippen molar-refractivity contribution in [2.75, 3.05) is 13.1 Å². The first-order chi connectivity index (χ1) is 17.6. The maximum absolute atomic E-state index is 6.75. The molecule has 0 aromatic heterocycles. The van der Waals surface area contributed by atoms with Gasteiger partial charge in [0, 0.05) is 41.8 Å². The Hall–Kier alpha value is -2.53. The molecule has 0 atom stereocenters. The van der Waals surface area contributed by atoms with Gasteiger partial charge in [0.1, 0.15) is 12.4 Å². The Morgan fingerprint density at radius 3 is 1.75 bits per heavy atom. The molecule has 0 spiro atoms. The molecule has 1 aliphatic rings. The van der Waals surface area contributed by atoms with Crippen LogP contribution in [-0.2, 0) is 19.7 Å². The minimum absolute atomic E-state index is 0.0400. The zero-order valence-corrected chi connectivity index (χ0v) is 22.1. The lowest BCUT2D eigenvalue weighted by molar-refractivity contribution is 0.121. The second kappa shape index (κ2) is 11.7. The number of rotatable bonds is 8. The van der Waals surface area contributed by atoms with Gasteiger partial charge in [-0.3, -0.25) is 9.80 Å². The highest BCUT2D eigenvalue weighted by atomic mass is 35.5. The van der Waals surface area contributed by atoms with Crippen molar-refractivity contribution in [1.29, 1.82) is 0 Å². The Balaban J connectivity index is 1.50. The highest BCUT2D eigenvalue weighted by Crippen LogP contribution is 2.42. The molecule has 1 aliphatic heterocycles. The van der Waals surface area contributed by atoms with Gasteiger partial charge in [-0.1, -0.05) is 108 Å². The molecule has 0 amide bonds. The molecule has 1 fully saturated rings. The first-order valence-electron chi connectivity index (χ1n) is 12.0. The highest BCUT2D eigenvalue weighted by Gasteiger charge is 2.36. The molecule has 184 valence electrons. The van der Waals surface area contributed by atoms with Crippen molar-refractivity contribution in [3.05, 3.63) is 134 Å². The zero-order valence-electron chi connectivity index (χ0n) is 19.8. The quantitative estimate of drug-likeness (QED) is 0.225. The molecular weight excluding hydrogens is 511 g/mol. The van der Waals surface area contributed by atoms with Crippen LogP contribution in [0.2, 0.25) is 15.1 Å². The molecule has 0 bridgehead atoms. The molecule has 1 heterocycles. The predicted molar refractivity (Wildman–Crippen MR) is 149 cm³/mol. The number of ether oxygens (including phenoxy) is 1. The van der Waals surface area contributed by atoms with Crippen molar-refractivity contribution < 1.29 is 4.74 Å². The van der Waals surface area contributed by atoms with E-state index >= 15 is 0 Å². The van der Waals surface area contributed by atoms with Crippen molar-refractivity contribution in [2.24, 2.45) is 0 Å². The van der Waals surface area contributed by atoms with Crippen LogP contribution in [0.15, 0.2) is 97.1 Å². The Morgan fingerprint density at radius 2 is 1.19 bits per heavy atom. The number of halogens is 3. The predicted octanol–water partition coefficient (Wildman–Crippen LogP) is 8.24. The van der Waals surface area contributed by atoms with E-state index in [0.29, 0.717) is 27.4 Å². The van der Waals surface area contributed by atoms with E-state index in [2.05, 4.69) is 58.3 Å². The third-order valence-corrected chi connectivity index (χ3v) is 7.19. The normalized spacial score (nSPS) is 14.9. The van der Waals surface area contributed by atoms with Crippen LogP contribution in [-0.4, -0.2) is 22.9 Å². The summed E-state index contributed by atoms with van der Waals surface area (Å²) in [5.41, 5.74) is 4.53. The smallest absolute Gasteiger partial charge is 0.144 e. The van der Waals surface area contributed by atoms with E-state index in [-0.39, 0.29) is 6.17 Å². The highest BCUT2D eigenvalue weighted by molar-refractivity contribution is 6.35. The summed E-state index contributed by atoms with van der Waals surface area (Å²) < 4.78 is 6.37. The minimum atomic E-state index is -0.0400. The van der Waals surface area contributed by atoms with Crippen molar-refractivity contribution in [3.63, 3.8) is 0 Å². The maximum atomic E-state index is 6.75. The monoisotopic (exact) mass is 536 g/mol. The molecule has 4 aromatic carbocycles. The second-order valence-electron chi connectivity index (χ2n) is 9.01. The molecule has 5 rings (SSSR count). The molecule has 6 heteroatoms. The fraction of sp³-hybridized carbons (Fsp3) is 0.200. The van der Waals surface area contributed by atoms with Crippen molar-refractivity contribution in [1.82, 2.24) is 9.80 Å². The van der Waals surface area contributed by atoms with Crippen LogP contribution in [0, 0.1) is 0 Å². The Bertz CT molecular complexity index is 1230. The van der Waals surface area contributed by atoms with Crippen LogP contribution in [0.25, 0.3) is 0 Å². The summed E-state index contributed by atoms with van der Waals surface area (Å²) in [6.07, 6.45) is -0.0400. The average molecular weight is 538 g/mol. The molecule has 0 aliphatic carbocycles. The number of nitrogens with zero attached hydrogens (tertiary/aromatic N) is 2. The first kappa shape index (κ1) is 25.1. The van der Waals surface area contributed by atoms with Gasteiger partial charge in [0.15, 0.2) is 0 Å².